The van der Waals surface area contributed by atoms with Crippen molar-refractivity contribution in [3.8, 4) is 0 Å². The van der Waals surface area contributed by atoms with Crippen molar-refractivity contribution in [1.82, 2.24) is 9.88 Å². The summed E-state index contributed by atoms with van der Waals surface area (Å²) in [5, 5.41) is -0.306. The monoisotopic (exact) mass is 362 g/mol. The number of piperidine rings is 1. The van der Waals surface area contributed by atoms with Crippen LogP contribution >= 0.6 is 11.8 Å². The molecule has 9 heteroatoms. The van der Waals surface area contributed by atoms with E-state index in [2.05, 4.69) is 4.98 Å². The number of ether oxygens (including phenoxy) is 2. The predicted molar refractivity (Wildman–Crippen MR) is 80.5 cm³/mol. The Balaban J connectivity index is 1.65. The number of aromatic nitrogens is 1. The third-order valence-corrected chi connectivity index (χ3v) is 4.82. The molecule has 0 aromatic carbocycles. The van der Waals surface area contributed by atoms with Crippen molar-refractivity contribution in [1.29, 1.82) is 0 Å². The van der Waals surface area contributed by atoms with Gasteiger partial charge in [-0.25, -0.2) is 4.98 Å². The Bertz CT molecular complexity index is 586. The summed E-state index contributed by atoms with van der Waals surface area (Å²) in [6.45, 7) is 2.10. The van der Waals surface area contributed by atoms with Crippen LogP contribution in [0.4, 0.5) is 13.2 Å². The third kappa shape index (κ3) is 4.20. The summed E-state index contributed by atoms with van der Waals surface area (Å²) in [5.74, 6) is -0.198. The number of alkyl halides is 3. The van der Waals surface area contributed by atoms with E-state index >= 15 is 0 Å². The highest BCUT2D eigenvalue weighted by atomic mass is 32.2. The van der Waals surface area contributed by atoms with Gasteiger partial charge >= 0.3 is 5.51 Å². The fraction of sp³-hybridized carbons (Fsp3) is 0.600. The van der Waals surface area contributed by atoms with Crippen LogP contribution in [0, 0.1) is 5.92 Å². The van der Waals surface area contributed by atoms with Gasteiger partial charge in [0.15, 0.2) is 6.29 Å². The Morgan fingerprint density at radius 1 is 1.25 bits per heavy atom. The van der Waals surface area contributed by atoms with Crippen LogP contribution in [-0.4, -0.2) is 53.9 Å². The molecule has 0 unspecified atom stereocenters. The molecule has 0 bridgehead atoms. The lowest BCUT2D eigenvalue weighted by Gasteiger charge is -2.34. The summed E-state index contributed by atoms with van der Waals surface area (Å²) in [7, 11) is 0. The third-order valence-electron chi connectivity index (χ3n) is 4.07. The molecule has 1 aromatic heterocycles. The topological polar surface area (TPSA) is 51.7 Å². The SMILES string of the molecule is O=C(c1cccnc1SC(F)(F)F)N1CCC(C2OCCO2)CC1. The molecule has 132 valence electrons. The van der Waals surface area contributed by atoms with Crippen LogP contribution in [0.1, 0.15) is 23.2 Å². The number of carbonyl (C=O) groups excluding carboxylic acids is 1. The van der Waals surface area contributed by atoms with Crippen LogP contribution < -0.4 is 0 Å². The molecule has 0 aliphatic carbocycles. The summed E-state index contributed by atoms with van der Waals surface area (Å²) in [4.78, 5) is 17.9. The molecule has 1 amide bonds. The number of hydrogen-bond acceptors (Lipinski definition) is 5. The summed E-state index contributed by atoms with van der Waals surface area (Å²) in [6, 6.07) is 2.86. The Hall–Kier alpha value is -1.32. The van der Waals surface area contributed by atoms with Crippen LogP contribution in [0.25, 0.3) is 0 Å². The molecule has 2 fully saturated rings. The van der Waals surface area contributed by atoms with Crippen LogP contribution in [-0.2, 0) is 9.47 Å². The van der Waals surface area contributed by atoms with Crippen molar-refractivity contribution >= 4 is 17.7 Å². The molecular weight excluding hydrogens is 345 g/mol. The first kappa shape index (κ1) is 17.5. The molecule has 0 N–H and O–H groups in total. The van der Waals surface area contributed by atoms with Gasteiger partial charge in [-0.2, -0.15) is 13.2 Å². The van der Waals surface area contributed by atoms with E-state index in [0.717, 1.165) is 0 Å². The standard InChI is InChI=1S/C15H17F3N2O3S/c16-15(17,18)24-12-11(2-1-5-19-12)13(21)20-6-3-10(4-7-20)14-22-8-9-23-14/h1-2,5,10,14H,3-4,6-9H2. The lowest BCUT2D eigenvalue weighted by atomic mass is 9.96. The number of likely N-dealkylation sites (tertiary alicyclic amines) is 1. The number of pyridine rings is 1. The Kier molecular flexibility index (Phi) is 5.31. The van der Waals surface area contributed by atoms with Crippen molar-refractivity contribution in [3.63, 3.8) is 0 Å². The number of amides is 1. The molecule has 0 atom stereocenters. The number of carbonyl (C=O) groups is 1. The molecular formula is C15H17F3N2O3S. The van der Waals surface area contributed by atoms with Gasteiger partial charge in [-0.05, 0) is 25.0 Å². The van der Waals surface area contributed by atoms with E-state index in [4.69, 9.17) is 9.47 Å². The minimum atomic E-state index is -4.48. The van der Waals surface area contributed by atoms with Crippen LogP contribution in [0.3, 0.4) is 0 Å². The van der Waals surface area contributed by atoms with Gasteiger partial charge in [-0.3, -0.25) is 4.79 Å². The maximum absolute atomic E-state index is 12.6. The van der Waals surface area contributed by atoms with Crippen LogP contribution in [0.5, 0.6) is 0 Å². The molecule has 24 heavy (non-hydrogen) atoms. The van der Waals surface area contributed by atoms with Gasteiger partial charge in [0.1, 0.15) is 5.03 Å². The second-order valence-electron chi connectivity index (χ2n) is 5.64. The largest absolute Gasteiger partial charge is 0.447 e. The second kappa shape index (κ2) is 7.28. The van der Waals surface area contributed by atoms with E-state index in [9.17, 15) is 18.0 Å². The minimum Gasteiger partial charge on any atom is -0.350 e. The predicted octanol–water partition coefficient (Wildman–Crippen LogP) is 2.92. The fourth-order valence-electron chi connectivity index (χ4n) is 2.94. The van der Waals surface area contributed by atoms with Gasteiger partial charge in [0, 0.05) is 37.0 Å². The quantitative estimate of drug-likeness (QED) is 0.774. The Labute approximate surface area is 141 Å². The molecule has 2 aliphatic rings. The average molecular weight is 362 g/mol. The second-order valence-corrected chi connectivity index (χ2v) is 6.70. The zero-order valence-corrected chi connectivity index (χ0v) is 13.6. The number of hydrogen-bond donors (Lipinski definition) is 0. The van der Waals surface area contributed by atoms with Gasteiger partial charge in [0.05, 0.1) is 18.8 Å². The maximum atomic E-state index is 12.6. The van der Waals surface area contributed by atoms with E-state index in [-0.39, 0.29) is 34.6 Å². The number of nitrogens with zero attached hydrogens (tertiary/aromatic N) is 2. The highest BCUT2D eigenvalue weighted by molar-refractivity contribution is 8.00. The smallest absolute Gasteiger partial charge is 0.350 e. The molecule has 3 heterocycles. The molecule has 0 radical (unpaired) electrons. The summed E-state index contributed by atoms with van der Waals surface area (Å²) >= 11 is -0.358. The first-order chi connectivity index (χ1) is 11.4. The highest BCUT2D eigenvalue weighted by Gasteiger charge is 2.35. The number of thioether (sulfide) groups is 1. The molecule has 2 saturated heterocycles. The summed E-state index contributed by atoms with van der Waals surface area (Å²) in [6.07, 6.45) is 2.44. The first-order valence-electron chi connectivity index (χ1n) is 7.67. The lowest BCUT2D eigenvalue weighted by Crippen LogP contribution is -2.41. The number of rotatable bonds is 3. The van der Waals surface area contributed by atoms with Crippen molar-refractivity contribution in [2.75, 3.05) is 26.3 Å². The van der Waals surface area contributed by atoms with Crippen molar-refractivity contribution < 1.29 is 27.4 Å². The lowest BCUT2D eigenvalue weighted by molar-refractivity contribution is -0.0956. The van der Waals surface area contributed by atoms with E-state index in [1.165, 1.54) is 18.3 Å². The van der Waals surface area contributed by atoms with E-state index in [1.54, 1.807) is 4.90 Å². The molecule has 2 aliphatic heterocycles. The Morgan fingerprint density at radius 2 is 1.92 bits per heavy atom. The zero-order chi connectivity index (χ0) is 17.2. The molecule has 3 rings (SSSR count). The Morgan fingerprint density at radius 3 is 2.54 bits per heavy atom. The molecule has 5 nitrogen and oxygen atoms in total. The molecule has 1 aromatic rings. The average Bonchev–Trinajstić information content (AvgIpc) is 3.08. The normalized spacial score (nSPS) is 20.5. The fourth-order valence-corrected chi connectivity index (χ4v) is 3.54. The summed E-state index contributed by atoms with van der Waals surface area (Å²) in [5.41, 5.74) is -4.49. The van der Waals surface area contributed by atoms with Crippen molar-refractivity contribution in [3.05, 3.63) is 23.9 Å². The number of halogens is 3. The van der Waals surface area contributed by atoms with Crippen molar-refractivity contribution in [2.45, 2.75) is 29.7 Å². The van der Waals surface area contributed by atoms with Crippen molar-refractivity contribution in [2.24, 2.45) is 5.92 Å². The van der Waals surface area contributed by atoms with Gasteiger partial charge in [-0.1, -0.05) is 0 Å². The van der Waals surface area contributed by atoms with Gasteiger partial charge in [0.2, 0.25) is 0 Å². The van der Waals surface area contributed by atoms with Crippen LogP contribution in [0.2, 0.25) is 0 Å². The van der Waals surface area contributed by atoms with Crippen LogP contribution in [0.15, 0.2) is 23.4 Å². The zero-order valence-electron chi connectivity index (χ0n) is 12.8. The van der Waals surface area contributed by atoms with Gasteiger partial charge in [0.25, 0.3) is 5.91 Å². The summed E-state index contributed by atoms with van der Waals surface area (Å²) < 4.78 is 48.8. The van der Waals surface area contributed by atoms with Gasteiger partial charge < -0.3 is 14.4 Å². The molecule has 0 spiro atoms. The first-order valence-corrected chi connectivity index (χ1v) is 8.49. The van der Waals surface area contributed by atoms with E-state index in [0.29, 0.717) is 39.1 Å². The van der Waals surface area contributed by atoms with E-state index < -0.39 is 11.4 Å². The highest BCUT2D eigenvalue weighted by Crippen LogP contribution is 2.37. The van der Waals surface area contributed by atoms with Gasteiger partial charge in [-0.15, -0.1) is 0 Å². The minimum absolute atomic E-state index is 0.00774. The maximum Gasteiger partial charge on any atom is 0.447 e. The van der Waals surface area contributed by atoms with E-state index in [1.807, 2.05) is 0 Å². The molecule has 0 saturated carbocycles.